The van der Waals surface area contributed by atoms with Crippen LogP contribution >= 0.6 is 0 Å². The molecule has 36 heavy (non-hydrogen) atoms. The molecule has 10 heteroatoms. The number of amides is 1. The SMILES string of the molecule is O=C(c1ccc(-n2nnc3cccnc32)cc1F)N(c1ncccc1C=CCCO)[C@@H]1CCCNC1. The number of piperidine rings is 1. The second-order valence-electron chi connectivity index (χ2n) is 8.52. The van der Waals surface area contributed by atoms with Gasteiger partial charge in [0.1, 0.15) is 17.2 Å². The Morgan fingerprint density at radius 1 is 1.22 bits per heavy atom. The third-order valence-corrected chi connectivity index (χ3v) is 6.13. The molecule has 0 spiro atoms. The number of nitrogens with zero attached hydrogens (tertiary/aromatic N) is 6. The average Bonchev–Trinajstić information content (AvgIpc) is 3.35. The Labute approximate surface area is 207 Å². The van der Waals surface area contributed by atoms with E-state index in [1.165, 1.54) is 16.8 Å². The molecule has 0 radical (unpaired) electrons. The van der Waals surface area contributed by atoms with Crippen LogP contribution in [-0.2, 0) is 0 Å². The number of carbonyl (C=O) groups excluding carboxylic acids is 1. The standard InChI is InChI=1S/C26H26FN7O2/c27-22-16-19(34-25-23(31-32-34)9-5-14-30-25)10-11-21(22)26(36)33(20-8-4-12-28-17-20)24-18(6-1-2-15-35)7-3-13-29-24/h1,3,5-7,9-11,13-14,16,20,28,35H,2,4,8,12,15,17H2/t20-/m1/s1. The molecule has 0 unspecified atom stereocenters. The van der Waals surface area contributed by atoms with E-state index in [0.717, 1.165) is 24.9 Å². The number of aromatic nitrogens is 5. The fraction of sp³-hybridized carbons (Fsp3) is 0.269. The van der Waals surface area contributed by atoms with Gasteiger partial charge in [-0.3, -0.25) is 9.69 Å². The molecule has 184 valence electrons. The summed E-state index contributed by atoms with van der Waals surface area (Å²) in [6, 6.07) is 11.4. The second-order valence-corrected chi connectivity index (χ2v) is 8.52. The van der Waals surface area contributed by atoms with Gasteiger partial charge < -0.3 is 10.4 Å². The predicted molar refractivity (Wildman–Crippen MR) is 134 cm³/mol. The van der Waals surface area contributed by atoms with Crippen LogP contribution in [0.25, 0.3) is 22.9 Å². The maximum Gasteiger partial charge on any atom is 0.262 e. The Morgan fingerprint density at radius 3 is 2.89 bits per heavy atom. The van der Waals surface area contributed by atoms with E-state index < -0.39 is 11.7 Å². The van der Waals surface area contributed by atoms with E-state index in [-0.39, 0.29) is 18.2 Å². The van der Waals surface area contributed by atoms with E-state index in [0.29, 0.717) is 35.6 Å². The quantitative estimate of drug-likeness (QED) is 0.412. The van der Waals surface area contributed by atoms with Crippen LogP contribution in [0.5, 0.6) is 0 Å². The number of hydrogen-bond acceptors (Lipinski definition) is 7. The highest BCUT2D eigenvalue weighted by atomic mass is 19.1. The fourth-order valence-electron chi connectivity index (χ4n) is 4.39. The molecule has 5 rings (SSSR count). The van der Waals surface area contributed by atoms with Gasteiger partial charge in [-0.25, -0.2) is 14.4 Å². The highest BCUT2D eigenvalue weighted by Gasteiger charge is 2.31. The monoisotopic (exact) mass is 487 g/mol. The molecule has 3 aromatic heterocycles. The summed E-state index contributed by atoms with van der Waals surface area (Å²) in [5.74, 6) is -0.677. The highest BCUT2D eigenvalue weighted by molar-refractivity contribution is 6.07. The summed E-state index contributed by atoms with van der Waals surface area (Å²) in [4.78, 5) is 24.2. The Kier molecular flexibility index (Phi) is 7.06. The van der Waals surface area contributed by atoms with Crippen molar-refractivity contribution in [3.05, 3.63) is 77.9 Å². The average molecular weight is 488 g/mol. The molecule has 1 fully saturated rings. The number of benzene rings is 1. The number of fused-ring (bicyclic) bond motifs is 1. The van der Waals surface area contributed by atoms with Crippen LogP contribution < -0.4 is 10.2 Å². The van der Waals surface area contributed by atoms with E-state index in [1.807, 2.05) is 18.2 Å². The van der Waals surface area contributed by atoms with Crippen molar-refractivity contribution in [3.63, 3.8) is 0 Å². The summed E-state index contributed by atoms with van der Waals surface area (Å²) in [6.07, 6.45) is 9.04. The first-order valence-corrected chi connectivity index (χ1v) is 11.9. The van der Waals surface area contributed by atoms with Crippen LogP contribution in [0, 0.1) is 5.82 Å². The van der Waals surface area contributed by atoms with Crippen molar-refractivity contribution in [2.75, 3.05) is 24.6 Å². The normalized spacial score (nSPS) is 16.0. The lowest BCUT2D eigenvalue weighted by molar-refractivity contribution is 0.0967. The molecule has 1 amide bonds. The number of rotatable bonds is 7. The zero-order valence-corrected chi connectivity index (χ0v) is 19.6. The largest absolute Gasteiger partial charge is 0.396 e. The minimum atomic E-state index is -0.667. The maximum absolute atomic E-state index is 15.5. The highest BCUT2D eigenvalue weighted by Crippen LogP contribution is 2.28. The maximum atomic E-state index is 15.5. The van der Waals surface area contributed by atoms with Crippen molar-refractivity contribution in [1.29, 1.82) is 0 Å². The van der Waals surface area contributed by atoms with Gasteiger partial charge in [0, 0.05) is 37.2 Å². The first kappa shape index (κ1) is 23.7. The first-order chi connectivity index (χ1) is 17.7. The first-order valence-electron chi connectivity index (χ1n) is 11.9. The number of hydrogen-bond donors (Lipinski definition) is 2. The number of halogens is 1. The lowest BCUT2D eigenvalue weighted by atomic mass is 10.0. The van der Waals surface area contributed by atoms with E-state index in [4.69, 9.17) is 5.11 Å². The molecule has 0 saturated carbocycles. The fourth-order valence-corrected chi connectivity index (χ4v) is 4.39. The number of pyridine rings is 2. The zero-order valence-electron chi connectivity index (χ0n) is 19.6. The van der Waals surface area contributed by atoms with Gasteiger partial charge in [-0.05, 0) is 62.2 Å². The number of aliphatic hydroxyl groups is 1. The zero-order chi connectivity index (χ0) is 24.9. The third kappa shape index (κ3) is 4.73. The predicted octanol–water partition coefficient (Wildman–Crippen LogP) is 3.14. The van der Waals surface area contributed by atoms with Crippen molar-refractivity contribution >= 4 is 29.0 Å². The smallest absolute Gasteiger partial charge is 0.262 e. The van der Waals surface area contributed by atoms with Gasteiger partial charge in [0.15, 0.2) is 5.65 Å². The lowest BCUT2D eigenvalue weighted by Gasteiger charge is -2.35. The van der Waals surface area contributed by atoms with Gasteiger partial charge in [-0.1, -0.05) is 17.4 Å². The summed E-state index contributed by atoms with van der Waals surface area (Å²) in [5.41, 5.74) is 2.17. The molecule has 1 saturated heterocycles. The van der Waals surface area contributed by atoms with Gasteiger partial charge in [-0.15, -0.1) is 5.10 Å². The molecular formula is C26H26FN7O2. The minimum Gasteiger partial charge on any atom is -0.396 e. The molecule has 1 aliphatic heterocycles. The molecular weight excluding hydrogens is 461 g/mol. The van der Waals surface area contributed by atoms with Crippen LogP contribution in [0.2, 0.25) is 0 Å². The summed E-state index contributed by atoms with van der Waals surface area (Å²) in [6.45, 7) is 1.47. The van der Waals surface area contributed by atoms with Crippen LogP contribution in [0.15, 0.2) is 60.9 Å². The molecule has 0 bridgehead atoms. The third-order valence-electron chi connectivity index (χ3n) is 6.13. The molecule has 4 heterocycles. The molecule has 0 aliphatic carbocycles. The van der Waals surface area contributed by atoms with E-state index in [2.05, 4.69) is 25.6 Å². The van der Waals surface area contributed by atoms with Crippen LogP contribution in [0.4, 0.5) is 10.2 Å². The molecule has 9 nitrogen and oxygen atoms in total. The molecule has 2 N–H and O–H groups in total. The van der Waals surface area contributed by atoms with Gasteiger partial charge in [-0.2, -0.15) is 4.68 Å². The second kappa shape index (κ2) is 10.7. The summed E-state index contributed by atoms with van der Waals surface area (Å²) in [5, 5.41) is 20.6. The van der Waals surface area contributed by atoms with Gasteiger partial charge >= 0.3 is 0 Å². The van der Waals surface area contributed by atoms with Crippen molar-refractivity contribution < 1.29 is 14.3 Å². The Bertz CT molecular complexity index is 1400. The van der Waals surface area contributed by atoms with E-state index in [1.54, 1.807) is 41.6 Å². The Hall–Kier alpha value is -4.02. The van der Waals surface area contributed by atoms with Crippen molar-refractivity contribution in [3.8, 4) is 5.69 Å². The number of aliphatic hydroxyl groups excluding tert-OH is 1. The number of carbonyl (C=O) groups is 1. The summed E-state index contributed by atoms with van der Waals surface area (Å²) < 4.78 is 16.9. The van der Waals surface area contributed by atoms with E-state index in [9.17, 15) is 4.79 Å². The number of anilines is 1. The van der Waals surface area contributed by atoms with Crippen molar-refractivity contribution in [1.82, 2.24) is 30.3 Å². The topological polar surface area (TPSA) is 109 Å². The van der Waals surface area contributed by atoms with Gasteiger partial charge in [0.2, 0.25) is 0 Å². The molecule has 4 aromatic rings. The lowest BCUT2D eigenvalue weighted by Crippen LogP contribution is -2.49. The Morgan fingerprint density at radius 2 is 2.08 bits per heavy atom. The Balaban J connectivity index is 1.53. The van der Waals surface area contributed by atoms with Crippen LogP contribution in [0.3, 0.4) is 0 Å². The van der Waals surface area contributed by atoms with Gasteiger partial charge in [0.25, 0.3) is 5.91 Å². The number of nitrogens with one attached hydrogen (secondary N) is 1. The molecule has 1 atom stereocenters. The minimum absolute atomic E-state index is 0.0232. The summed E-state index contributed by atoms with van der Waals surface area (Å²) in [7, 11) is 0. The van der Waals surface area contributed by atoms with Gasteiger partial charge in [0.05, 0.1) is 17.3 Å². The van der Waals surface area contributed by atoms with Crippen LogP contribution in [0.1, 0.15) is 35.2 Å². The van der Waals surface area contributed by atoms with E-state index >= 15 is 4.39 Å². The van der Waals surface area contributed by atoms with Crippen molar-refractivity contribution in [2.24, 2.45) is 0 Å². The molecule has 1 aromatic carbocycles. The summed E-state index contributed by atoms with van der Waals surface area (Å²) >= 11 is 0. The van der Waals surface area contributed by atoms with Crippen molar-refractivity contribution in [2.45, 2.75) is 25.3 Å². The molecule has 1 aliphatic rings. The van der Waals surface area contributed by atoms with Crippen LogP contribution in [-0.4, -0.2) is 61.7 Å².